The van der Waals surface area contributed by atoms with E-state index in [-0.39, 0.29) is 13.0 Å². The van der Waals surface area contributed by atoms with Crippen LogP contribution in [0, 0.1) is 12.8 Å². The molecule has 3 rings (SSSR count). The predicted molar refractivity (Wildman–Crippen MR) is 136 cm³/mol. The van der Waals surface area contributed by atoms with Crippen molar-refractivity contribution in [2.24, 2.45) is 5.92 Å². The van der Waals surface area contributed by atoms with Crippen molar-refractivity contribution in [1.82, 2.24) is 4.98 Å². The number of Topliss-reactive ketones (excluding diaryl/α,β-unsaturated/α-hetero) is 1. The number of carbonyl (C=O) groups is 3. The predicted octanol–water partition coefficient (Wildman–Crippen LogP) is 4.85. The van der Waals surface area contributed by atoms with Gasteiger partial charge < -0.3 is 27.8 Å². The summed E-state index contributed by atoms with van der Waals surface area (Å²) in [5, 5.41) is 0. The maximum absolute atomic E-state index is 12.7. The lowest BCUT2D eigenvalue weighted by atomic mass is 9.95. The number of aryl methyl sites for hydroxylation is 2. The highest BCUT2D eigenvalue weighted by molar-refractivity contribution is 6.37. The van der Waals surface area contributed by atoms with Crippen LogP contribution in [0.25, 0.3) is 11.7 Å². The van der Waals surface area contributed by atoms with Crippen LogP contribution in [-0.2, 0) is 36.9 Å². The molecule has 0 aliphatic rings. The molecule has 0 fully saturated rings. The Bertz CT molecular complexity index is 1240. The van der Waals surface area contributed by atoms with Gasteiger partial charge in [-0.2, -0.15) is 0 Å². The van der Waals surface area contributed by atoms with E-state index in [1.165, 1.54) is 7.11 Å². The topological polar surface area (TPSA) is 127 Å². The summed E-state index contributed by atoms with van der Waals surface area (Å²) >= 11 is 0. The highest BCUT2D eigenvalue weighted by Gasteiger charge is 2.34. The smallest absolute Gasteiger partial charge is 0.375 e. The summed E-state index contributed by atoms with van der Waals surface area (Å²) in [5.74, 6) is -1.57. The van der Waals surface area contributed by atoms with Gasteiger partial charge in [0.25, 0.3) is 11.7 Å². The van der Waals surface area contributed by atoms with Crippen molar-refractivity contribution in [1.29, 1.82) is 0 Å². The molecule has 0 N–H and O–H groups in total. The standard InChI is InChI=1S/C28H33NO9/c1-16(2)36-27(31)20(25(30)28(32)37-17(3)4)11-9-19-10-12-22(24(14-19)33-6)35-15-21-18(5)38-26(29-21)23-8-7-13-34-23/h7-8,10,12-14,16-17,20H,9,11,15H2,1-6H3. The van der Waals surface area contributed by atoms with E-state index in [4.69, 9.17) is 27.8 Å². The number of benzene rings is 1. The van der Waals surface area contributed by atoms with Crippen LogP contribution >= 0.6 is 0 Å². The molecule has 2 aromatic heterocycles. The molecular formula is C28H33NO9. The van der Waals surface area contributed by atoms with Crippen molar-refractivity contribution in [2.45, 2.75) is 66.3 Å². The zero-order chi connectivity index (χ0) is 27.8. The molecule has 3 aromatic rings. The molecule has 0 saturated carbocycles. The number of oxazole rings is 1. The van der Waals surface area contributed by atoms with Crippen LogP contribution in [0.1, 0.15) is 51.1 Å². The Labute approximate surface area is 221 Å². The van der Waals surface area contributed by atoms with Crippen LogP contribution in [0.3, 0.4) is 0 Å². The molecule has 0 aliphatic carbocycles. The van der Waals surface area contributed by atoms with Gasteiger partial charge in [-0.05, 0) is 77.3 Å². The molecule has 38 heavy (non-hydrogen) atoms. The van der Waals surface area contributed by atoms with Crippen LogP contribution < -0.4 is 9.47 Å². The maximum atomic E-state index is 12.7. The molecule has 10 nitrogen and oxygen atoms in total. The zero-order valence-corrected chi connectivity index (χ0v) is 22.4. The molecule has 0 aliphatic heterocycles. The van der Waals surface area contributed by atoms with E-state index < -0.39 is 35.8 Å². The molecule has 0 saturated heterocycles. The molecule has 2 heterocycles. The first-order chi connectivity index (χ1) is 18.1. The number of aromatic nitrogens is 1. The summed E-state index contributed by atoms with van der Waals surface area (Å²) in [6.45, 7) is 8.54. The van der Waals surface area contributed by atoms with Crippen molar-refractivity contribution in [3.8, 4) is 23.1 Å². The summed E-state index contributed by atoms with van der Waals surface area (Å²) < 4.78 is 32.6. The number of ketones is 1. The fraction of sp³-hybridized carbons (Fsp3) is 0.429. The number of rotatable bonds is 13. The minimum Gasteiger partial charge on any atom is -0.493 e. The summed E-state index contributed by atoms with van der Waals surface area (Å²) in [6.07, 6.45) is 1.00. The van der Waals surface area contributed by atoms with Crippen molar-refractivity contribution in [3.05, 3.63) is 53.6 Å². The van der Waals surface area contributed by atoms with Crippen LogP contribution in [0.5, 0.6) is 11.5 Å². The monoisotopic (exact) mass is 527 g/mol. The van der Waals surface area contributed by atoms with Crippen molar-refractivity contribution in [2.75, 3.05) is 7.11 Å². The van der Waals surface area contributed by atoms with Gasteiger partial charge in [0.15, 0.2) is 17.3 Å². The van der Waals surface area contributed by atoms with Crippen LogP contribution in [0.4, 0.5) is 0 Å². The van der Waals surface area contributed by atoms with Crippen molar-refractivity contribution >= 4 is 17.7 Å². The lowest BCUT2D eigenvalue weighted by Crippen LogP contribution is -2.35. The van der Waals surface area contributed by atoms with Crippen LogP contribution in [0.15, 0.2) is 45.4 Å². The number of hydrogen-bond donors (Lipinski definition) is 0. The first-order valence-electron chi connectivity index (χ1n) is 12.3. The number of methoxy groups -OCH3 is 1. The second-order valence-corrected chi connectivity index (χ2v) is 9.17. The van der Waals surface area contributed by atoms with Crippen molar-refractivity contribution in [3.63, 3.8) is 0 Å². The van der Waals surface area contributed by atoms with Crippen LogP contribution in [0.2, 0.25) is 0 Å². The molecule has 0 radical (unpaired) electrons. The Morgan fingerprint density at radius 2 is 1.74 bits per heavy atom. The normalized spacial score (nSPS) is 11.9. The summed E-state index contributed by atoms with van der Waals surface area (Å²) in [4.78, 5) is 41.9. The van der Waals surface area contributed by atoms with Gasteiger partial charge in [-0.3, -0.25) is 9.59 Å². The van der Waals surface area contributed by atoms with Crippen molar-refractivity contribution < 1.29 is 42.2 Å². The molecule has 0 bridgehead atoms. The SMILES string of the molecule is COc1cc(CCC(C(=O)OC(C)C)C(=O)C(=O)OC(C)C)ccc1OCc1nc(-c2ccco2)oc1C. The first-order valence-corrected chi connectivity index (χ1v) is 12.3. The number of carbonyl (C=O) groups excluding carboxylic acids is 3. The minimum atomic E-state index is -1.27. The van der Waals surface area contributed by atoms with E-state index in [1.54, 1.807) is 71.2 Å². The number of ether oxygens (including phenoxy) is 4. The fourth-order valence-corrected chi connectivity index (χ4v) is 3.60. The van der Waals surface area contributed by atoms with Gasteiger partial charge in [0.2, 0.25) is 0 Å². The number of furan rings is 1. The highest BCUT2D eigenvalue weighted by Crippen LogP contribution is 2.31. The maximum Gasteiger partial charge on any atom is 0.375 e. The quantitative estimate of drug-likeness (QED) is 0.173. The molecule has 0 spiro atoms. The average molecular weight is 528 g/mol. The molecule has 10 heteroatoms. The summed E-state index contributed by atoms with van der Waals surface area (Å²) in [5.41, 5.74) is 1.39. The van der Waals surface area contributed by atoms with E-state index in [0.717, 1.165) is 5.56 Å². The minimum absolute atomic E-state index is 0.0641. The molecule has 1 unspecified atom stereocenters. The number of nitrogens with zero attached hydrogens (tertiary/aromatic N) is 1. The fourth-order valence-electron chi connectivity index (χ4n) is 3.60. The van der Waals surface area contributed by atoms with Gasteiger partial charge in [-0.15, -0.1) is 0 Å². The third-order valence-electron chi connectivity index (χ3n) is 5.44. The van der Waals surface area contributed by atoms with E-state index in [2.05, 4.69) is 4.98 Å². The molecule has 1 aromatic carbocycles. The first kappa shape index (κ1) is 28.5. The Hall–Kier alpha value is -4.08. The van der Waals surface area contributed by atoms with Gasteiger partial charge in [-0.25, -0.2) is 9.78 Å². The lowest BCUT2D eigenvalue weighted by Gasteiger charge is -2.17. The Kier molecular flexibility index (Phi) is 9.70. The zero-order valence-electron chi connectivity index (χ0n) is 22.4. The van der Waals surface area contributed by atoms with Gasteiger partial charge in [-0.1, -0.05) is 6.07 Å². The average Bonchev–Trinajstić information content (AvgIpc) is 3.52. The number of hydrogen-bond acceptors (Lipinski definition) is 10. The summed E-state index contributed by atoms with van der Waals surface area (Å²) in [7, 11) is 1.51. The summed E-state index contributed by atoms with van der Waals surface area (Å²) in [6, 6.07) is 8.78. The van der Waals surface area contributed by atoms with Gasteiger partial charge >= 0.3 is 11.9 Å². The second-order valence-electron chi connectivity index (χ2n) is 9.17. The molecule has 1 atom stereocenters. The molecule has 204 valence electrons. The van der Waals surface area contributed by atoms with Gasteiger partial charge in [0.05, 0.1) is 25.6 Å². The van der Waals surface area contributed by atoms with Gasteiger partial charge in [0, 0.05) is 0 Å². The molecular weight excluding hydrogens is 494 g/mol. The van der Waals surface area contributed by atoms with E-state index in [1.807, 2.05) is 0 Å². The largest absolute Gasteiger partial charge is 0.493 e. The second kappa shape index (κ2) is 12.9. The lowest BCUT2D eigenvalue weighted by molar-refractivity contribution is -0.165. The van der Waals surface area contributed by atoms with E-state index in [9.17, 15) is 14.4 Å². The van der Waals surface area contributed by atoms with E-state index >= 15 is 0 Å². The Morgan fingerprint density at radius 3 is 2.37 bits per heavy atom. The third kappa shape index (κ3) is 7.47. The third-order valence-corrected chi connectivity index (χ3v) is 5.44. The Balaban J connectivity index is 1.69. The highest BCUT2D eigenvalue weighted by atomic mass is 16.6. The molecule has 0 amide bonds. The Morgan fingerprint density at radius 1 is 1.00 bits per heavy atom. The van der Waals surface area contributed by atoms with Crippen LogP contribution in [-0.4, -0.2) is 42.0 Å². The van der Waals surface area contributed by atoms with E-state index in [0.29, 0.717) is 41.0 Å². The number of esters is 2. The van der Waals surface area contributed by atoms with Gasteiger partial charge in [0.1, 0.15) is 24.0 Å².